The Morgan fingerprint density at radius 2 is 1.92 bits per heavy atom. The van der Waals surface area contributed by atoms with Crippen molar-refractivity contribution in [3.8, 4) is 0 Å². The van der Waals surface area contributed by atoms with E-state index in [1.807, 2.05) is 0 Å². The monoisotopic (exact) mass is 355 g/mol. The number of esters is 1. The van der Waals surface area contributed by atoms with Crippen molar-refractivity contribution >= 4 is 50.8 Å². The first-order chi connectivity index (χ1) is 12.4. The van der Waals surface area contributed by atoms with Crippen LogP contribution in [0.15, 0.2) is 22.9 Å². The summed E-state index contributed by atoms with van der Waals surface area (Å²) >= 11 is 0. The molecule has 0 aliphatic carbocycles. The first kappa shape index (κ1) is 15.6. The van der Waals surface area contributed by atoms with Crippen molar-refractivity contribution in [2.24, 2.45) is 0 Å². The minimum absolute atomic E-state index is 0.0387. The Balaban J connectivity index is 2.28. The second-order valence-corrected chi connectivity index (χ2v) is 5.38. The quantitative estimate of drug-likeness (QED) is 0.468. The highest BCUT2D eigenvalue weighted by molar-refractivity contribution is 6.25. The molecule has 0 saturated carbocycles. The molecule has 0 fully saturated rings. The summed E-state index contributed by atoms with van der Waals surface area (Å²) < 4.78 is 10.0. The lowest BCUT2D eigenvalue weighted by Crippen LogP contribution is -2.07. The molecule has 0 spiro atoms. The van der Waals surface area contributed by atoms with Gasteiger partial charge in [-0.15, -0.1) is 0 Å². The number of carbonyl (C=O) groups is 3. The average Bonchev–Trinajstić information content (AvgIpc) is 3.26. The molecule has 10 heteroatoms. The Bertz CT molecular complexity index is 1250. The molecule has 0 radical (unpaired) electrons. The van der Waals surface area contributed by atoms with Gasteiger partial charge in [0.05, 0.1) is 18.2 Å². The average molecular weight is 355 g/mol. The number of benzene rings is 1. The van der Waals surface area contributed by atoms with Gasteiger partial charge in [0, 0.05) is 10.8 Å². The van der Waals surface area contributed by atoms with E-state index in [4.69, 9.17) is 4.42 Å². The summed E-state index contributed by atoms with van der Waals surface area (Å²) in [5.41, 5.74) is 0.0623. The van der Waals surface area contributed by atoms with Crippen molar-refractivity contribution in [2.45, 2.75) is 0 Å². The standard InChI is InChI=1S/C16H9N3O7/c1-25-16(24)8-3-6-10(19-8)9-5(14(20)21)2-7(15(22)23)18-11(9)12-13(6)26-4-17-12/h2-4,19H,1H3,(H,20,21)(H,22,23). The number of aromatic carboxylic acids is 2. The summed E-state index contributed by atoms with van der Waals surface area (Å²) in [7, 11) is 1.21. The molecule has 0 bridgehead atoms. The van der Waals surface area contributed by atoms with Crippen LogP contribution in [-0.4, -0.2) is 50.2 Å². The van der Waals surface area contributed by atoms with Crippen LogP contribution in [0.1, 0.15) is 31.3 Å². The smallest absolute Gasteiger partial charge is 0.354 e. The second kappa shape index (κ2) is 5.28. The molecule has 4 aromatic rings. The molecule has 3 N–H and O–H groups in total. The number of fused-ring (bicyclic) bond motifs is 6. The van der Waals surface area contributed by atoms with Crippen LogP contribution in [-0.2, 0) is 4.74 Å². The third-order valence-corrected chi connectivity index (χ3v) is 3.98. The topological polar surface area (TPSA) is 156 Å². The Hall–Kier alpha value is -3.95. The van der Waals surface area contributed by atoms with E-state index in [0.29, 0.717) is 5.39 Å². The number of H-pyrrole nitrogens is 1. The lowest BCUT2D eigenvalue weighted by Gasteiger charge is -2.06. The van der Waals surface area contributed by atoms with E-state index in [0.717, 1.165) is 12.5 Å². The summed E-state index contributed by atoms with van der Waals surface area (Å²) in [4.78, 5) is 45.8. The molecule has 26 heavy (non-hydrogen) atoms. The fraction of sp³-hybridized carbons (Fsp3) is 0.0625. The number of carboxylic acid groups (broad SMARTS) is 2. The first-order valence-corrected chi connectivity index (χ1v) is 7.20. The minimum atomic E-state index is -1.38. The van der Waals surface area contributed by atoms with Gasteiger partial charge in [-0.05, 0) is 12.1 Å². The molecule has 0 atom stereocenters. The summed E-state index contributed by atoms with van der Waals surface area (Å²) in [5.74, 6) is -3.39. The highest BCUT2D eigenvalue weighted by atomic mass is 16.5. The van der Waals surface area contributed by atoms with Crippen LogP contribution >= 0.6 is 0 Å². The van der Waals surface area contributed by atoms with Gasteiger partial charge in [-0.2, -0.15) is 0 Å². The number of carbonyl (C=O) groups excluding carboxylic acids is 1. The SMILES string of the molecule is COC(=O)c1cc2c([nH]1)c1c(C(=O)O)cc(C(=O)O)nc1c1ncoc21. The zero-order valence-corrected chi connectivity index (χ0v) is 13.1. The van der Waals surface area contributed by atoms with Crippen LogP contribution in [0, 0.1) is 0 Å². The number of methoxy groups -OCH3 is 1. The van der Waals surface area contributed by atoms with Crippen molar-refractivity contribution in [3.05, 3.63) is 35.5 Å². The van der Waals surface area contributed by atoms with Crippen LogP contribution < -0.4 is 0 Å². The number of ether oxygens (including phenoxy) is 1. The van der Waals surface area contributed by atoms with Crippen LogP contribution in [0.5, 0.6) is 0 Å². The van der Waals surface area contributed by atoms with Gasteiger partial charge in [0.15, 0.2) is 12.0 Å². The number of aromatic amines is 1. The van der Waals surface area contributed by atoms with E-state index in [2.05, 4.69) is 19.7 Å². The molecule has 0 amide bonds. The number of hydrogen-bond donors (Lipinski definition) is 3. The van der Waals surface area contributed by atoms with Crippen LogP contribution in [0.3, 0.4) is 0 Å². The lowest BCUT2D eigenvalue weighted by molar-refractivity contribution is 0.0593. The van der Waals surface area contributed by atoms with E-state index in [1.165, 1.54) is 13.2 Å². The fourth-order valence-corrected chi connectivity index (χ4v) is 2.90. The number of oxazole rings is 1. The number of carboxylic acids is 2. The maximum Gasteiger partial charge on any atom is 0.354 e. The predicted molar refractivity (Wildman–Crippen MR) is 86.4 cm³/mol. The third-order valence-electron chi connectivity index (χ3n) is 3.98. The van der Waals surface area contributed by atoms with Crippen LogP contribution in [0.4, 0.5) is 0 Å². The summed E-state index contributed by atoms with van der Waals surface area (Å²) in [6.45, 7) is 0. The highest BCUT2D eigenvalue weighted by Gasteiger charge is 2.24. The molecule has 1 aromatic carbocycles. The number of nitrogens with zero attached hydrogens (tertiary/aromatic N) is 2. The van der Waals surface area contributed by atoms with Crippen LogP contribution in [0.25, 0.3) is 32.9 Å². The zero-order chi connectivity index (χ0) is 18.6. The van der Waals surface area contributed by atoms with Gasteiger partial charge in [-0.3, -0.25) is 0 Å². The molecule has 3 aromatic heterocycles. The molecule has 0 aliphatic heterocycles. The van der Waals surface area contributed by atoms with Crippen LogP contribution in [0.2, 0.25) is 0 Å². The van der Waals surface area contributed by atoms with Gasteiger partial charge in [0.25, 0.3) is 0 Å². The van der Waals surface area contributed by atoms with Crippen molar-refractivity contribution in [2.75, 3.05) is 7.11 Å². The number of rotatable bonds is 3. The van der Waals surface area contributed by atoms with Gasteiger partial charge in [0.2, 0.25) is 0 Å². The molecule has 0 saturated heterocycles. The molecule has 10 nitrogen and oxygen atoms in total. The molecular weight excluding hydrogens is 346 g/mol. The maximum atomic E-state index is 11.8. The van der Waals surface area contributed by atoms with E-state index < -0.39 is 23.6 Å². The summed E-state index contributed by atoms with van der Waals surface area (Å²) in [6.07, 6.45) is 1.13. The highest BCUT2D eigenvalue weighted by Crippen LogP contribution is 2.36. The summed E-state index contributed by atoms with van der Waals surface area (Å²) in [6, 6.07) is 2.40. The van der Waals surface area contributed by atoms with E-state index in [9.17, 15) is 24.6 Å². The number of nitrogens with one attached hydrogen (secondary N) is 1. The number of hydrogen-bond acceptors (Lipinski definition) is 7. The number of aromatic nitrogens is 3. The fourth-order valence-electron chi connectivity index (χ4n) is 2.90. The molecule has 3 heterocycles. The van der Waals surface area contributed by atoms with Crippen molar-refractivity contribution in [1.82, 2.24) is 15.0 Å². The van der Waals surface area contributed by atoms with E-state index in [1.54, 1.807) is 0 Å². The Labute approximate surface area is 143 Å². The van der Waals surface area contributed by atoms with Gasteiger partial charge in [0.1, 0.15) is 22.4 Å². The largest absolute Gasteiger partial charge is 0.478 e. The predicted octanol–water partition coefficient (Wildman–Crippen LogP) is 2.04. The van der Waals surface area contributed by atoms with Crippen molar-refractivity contribution < 1.29 is 33.8 Å². The van der Waals surface area contributed by atoms with Crippen molar-refractivity contribution in [1.29, 1.82) is 0 Å². The zero-order valence-electron chi connectivity index (χ0n) is 13.1. The number of pyridine rings is 1. The first-order valence-electron chi connectivity index (χ1n) is 7.20. The molecule has 0 aliphatic rings. The normalized spacial score (nSPS) is 11.3. The molecule has 4 rings (SSSR count). The van der Waals surface area contributed by atoms with E-state index >= 15 is 0 Å². The van der Waals surface area contributed by atoms with Gasteiger partial charge >= 0.3 is 17.9 Å². The van der Waals surface area contributed by atoms with Gasteiger partial charge in [-0.1, -0.05) is 0 Å². The summed E-state index contributed by atoms with van der Waals surface area (Å²) in [5, 5.41) is 19.3. The lowest BCUT2D eigenvalue weighted by atomic mass is 10.0. The van der Waals surface area contributed by atoms with Gasteiger partial charge in [-0.25, -0.2) is 24.4 Å². The second-order valence-electron chi connectivity index (χ2n) is 5.38. The molecule has 130 valence electrons. The van der Waals surface area contributed by atoms with Gasteiger partial charge < -0.3 is 24.4 Å². The maximum absolute atomic E-state index is 11.8. The Morgan fingerprint density at radius 3 is 2.58 bits per heavy atom. The molecular formula is C16H9N3O7. The molecule has 0 unspecified atom stereocenters. The third kappa shape index (κ3) is 2.02. The van der Waals surface area contributed by atoms with Crippen molar-refractivity contribution in [3.63, 3.8) is 0 Å². The Kier molecular flexibility index (Phi) is 3.16. The minimum Gasteiger partial charge on any atom is -0.478 e. The van der Waals surface area contributed by atoms with E-state index in [-0.39, 0.29) is 38.8 Å². The Morgan fingerprint density at radius 1 is 1.15 bits per heavy atom.